The standard InChI is InChI=1S/C25H27FN4O10.C25H26FN3O8/c26-18-13(11-29-7-9-40-10-8-29)3-1-5-16(18)25(38,39)28-17-6-2-4-14-15(17)12-30(21(14)32)19-20(31)27-22(33)24(36,37)23(19,34)35;26-21-15(13-28-9-11-36-12-10-28)3-1-5-18(21)25(34,35)37-19-6-2-4-16-17(19)14-29(22(16)31)24(33)8-7-20(30)27-23(24)32/h1-6,19,28,34-39H,7-12H2,(H,27,31,33);1-6,33-35H,7-14H2,(H,27,30,32). The van der Waals surface area contributed by atoms with Crippen molar-refractivity contribution in [2.45, 2.75) is 74.2 Å². The van der Waals surface area contributed by atoms with E-state index in [0.717, 1.165) is 4.90 Å². The van der Waals surface area contributed by atoms with Crippen LogP contribution in [0.2, 0.25) is 0 Å². The zero-order chi connectivity index (χ0) is 55.4. The number of morpholine rings is 2. The number of hydrogen-bond acceptors (Lipinski definition) is 21. The van der Waals surface area contributed by atoms with Crippen molar-refractivity contribution in [2.75, 3.05) is 57.9 Å². The smallest absolute Gasteiger partial charge is 0.354 e. The molecular weight excluding hydrogens is 1020 g/mol. The summed E-state index contributed by atoms with van der Waals surface area (Å²) < 4.78 is 46.8. The molecule has 0 spiro atoms. The summed E-state index contributed by atoms with van der Waals surface area (Å²) >= 11 is 0. The van der Waals surface area contributed by atoms with Crippen molar-refractivity contribution in [1.29, 1.82) is 0 Å². The highest BCUT2D eigenvalue weighted by molar-refractivity contribution is 6.09. The average Bonchev–Trinajstić information content (AvgIpc) is 3.92. The molecule has 77 heavy (non-hydrogen) atoms. The highest BCUT2D eigenvalue weighted by Crippen LogP contribution is 2.41. The SMILES string of the molecule is O=C1CCC(O)(N2Cc3c(OC(O)(O)c4cccc(CN5CCOCC5)c4F)cccc3C2=O)C(=O)N1.O=C1NC(=O)C(O)(O)C(O)(O)C1N1Cc2c(NC(O)(O)c3cccc(CN4CCOCC4)c3F)cccc2C1=O. The molecule has 27 heteroatoms. The Bertz CT molecular complexity index is 3040. The molecule has 0 aromatic heterocycles. The first-order chi connectivity index (χ1) is 36.4. The number of anilines is 1. The molecule has 6 heterocycles. The van der Waals surface area contributed by atoms with E-state index in [1.807, 2.05) is 15.1 Å². The molecule has 2 atom stereocenters. The minimum absolute atomic E-state index is 0.0480. The lowest BCUT2D eigenvalue weighted by Crippen LogP contribution is -2.79. The lowest BCUT2D eigenvalue weighted by Gasteiger charge is -2.44. The average molecular weight is 1080 g/mol. The van der Waals surface area contributed by atoms with Crippen LogP contribution in [-0.2, 0) is 66.7 Å². The van der Waals surface area contributed by atoms with E-state index < -0.39 is 100.0 Å². The van der Waals surface area contributed by atoms with E-state index in [0.29, 0.717) is 57.5 Å². The van der Waals surface area contributed by atoms with E-state index in [1.54, 1.807) is 11.4 Å². The highest BCUT2D eigenvalue weighted by atomic mass is 19.1. The Morgan fingerprint density at radius 2 is 1.21 bits per heavy atom. The van der Waals surface area contributed by atoms with Gasteiger partial charge in [0.1, 0.15) is 17.4 Å². The van der Waals surface area contributed by atoms with E-state index in [4.69, 9.17) is 14.2 Å². The van der Waals surface area contributed by atoms with Crippen LogP contribution in [0.25, 0.3) is 0 Å². The molecule has 6 aliphatic rings. The van der Waals surface area contributed by atoms with Crippen LogP contribution in [0.3, 0.4) is 0 Å². The van der Waals surface area contributed by atoms with Crippen LogP contribution in [0.4, 0.5) is 14.5 Å². The van der Waals surface area contributed by atoms with Gasteiger partial charge in [0, 0.05) is 97.7 Å². The molecule has 6 aliphatic heterocycles. The molecule has 4 fully saturated rings. The van der Waals surface area contributed by atoms with E-state index in [2.05, 4.69) is 5.32 Å². The molecule has 12 N–H and O–H groups in total. The summed E-state index contributed by atoms with van der Waals surface area (Å²) in [4.78, 5) is 79.7. The summed E-state index contributed by atoms with van der Waals surface area (Å²) in [6.07, 6.45) is -0.457. The van der Waals surface area contributed by atoms with Gasteiger partial charge >= 0.3 is 11.8 Å². The van der Waals surface area contributed by atoms with Gasteiger partial charge in [-0.3, -0.25) is 54.1 Å². The van der Waals surface area contributed by atoms with Crippen LogP contribution >= 0.6 is 0 Å². The normalized spacial score (nSPS) is 22.7. The van der Waals surface area contributed by atoms with Crippen LogP contribution in [0, 0.1) is 11.6 Å². The van der Waals surface area contributed by atoms with Gasteiger partial charge in [0.2, 0.25) is 11.6 Å². The van der Waals surface area contributed by atoms with E-state index in [9.17, 15) is 74.7 Å². The third kappa shape index (κ3) is 10.2. The molecule has 4 aromatic carbocycles. The first kappa shape index (κ1) is 54.8. The lowest BCUT2D eigenvalue weighted by molar-refractivity contribution is -0.355. The van der Waals surface area contributed by atoms with Gasteiger partial charge in [-0.15, -0.1) is 0 Å². The molecule has 0 saturated carbocycles. The van der Waals surface area contributed by atoms with Gasteiger partial charge in [-0.05, 0) is 36.4 Å². The third-order valence-electron chi connectivity index (χ3n) is 14.1. The van der Waals surface area contributed by atoms with E-state index in [1.165, 1.54) is 66.7 Å². The summed E-state index contributed by atoms with van der Waals surface area (Å²) in [7, 11) is 0. The molecule has 25 nitrogen and oxygen atoms in total. The van der Waals surface area contributed by atoms with Crippen molar-refractivity contribution in [3.8, 4) is 5.75 Å². The van der Waals surface area contributed by atoms with Crippen LogP contribution in [-0.4, -0.2) is 177 Å². The van der Waals surface area contributed by atoms with Crippen LogP contribution in [0.15, 0.2) is 72.8 Å². The Kier molecular flexibility index (Phi) is 14.8. The van der Waals surface area contributed by atoms with Gasteiger partial charge in [0.05, 0.1) is 44.1 Å². The molecule has 0 bridgehead atoms. The number of nitrogens with zero attached hydrogens (tertiary/aromatic N) is 4. The highest BCUT2D eigenvalue weighted by Gasteiger charge is 2.67. The molecule has 10 rings (SSSR count). The number of halogens is 2. The Hall–Kier alpha value is -6.96. The molecule has 2 unspecified atom stereocenters. The summed E-state index contributed by atoms with van der Waals surface area (Å²) in [5, 5.41) is 101. The number of rotatable bonds is 12. The molecule has 4 aromatic rings. The van der Waals surface area contributed by atoms with Crippen LogP contribution < -0.4 is 20.7 Å². The number of fused-ring (bicyclic) bond motifs is 2. The topological polar surface area (TPSA) is 361 Å². The summed E-state index contributed by atoms with van der Waals surface area (Å²) in [6.45, 7) is 4.00. The largest absolute Gasteiger partial charge is 0.435 e. The molecule has 6 amide bonds. The number of amides is 6. The first-order valence-electron chi connectivity index (χ1n) is 24.1. The van der Waals surface area contributed by atoms with Gasteiger partial charge in [-0.25, -0.2) is 8.78 Å². The van der Waals surface area contributed by atoms with Gasteiger partial charge in [-0.1, -0.05) is 36.4 Å². The Morgan fingerprint density at radius 1 is 0.662 bits per heavy atom. The number of carbonyl (C=O) groups is 6. The second-order valence-corrected chi connectivity index (χ2v) is 19.1. The first-order valence-corrected chi connectivity index (χ1v) is 24.1. The van der Waals surface area contributed by atoms with Gasteiger partial charge in [0.15, 0.2) is 6.04 Å². The second kappa shape index (κ2) is 20.8. The maximum Gasteiger partial charge on any atom is 0.354 e. The molecular formula is C50H53F2N7O18. The third-order valence-corrected chi connectivity index (χ3v) is 14.1. The zero-order valence-electron chi connectivity index (χ0n) is 40.6. The molecule has 0 radical (unpaired) electrons. The summed E-state index contributed by atoms with van der Waals surface area (Å²) in [5.74, 6) is -22.0. The Morgan fingerprint density at radius 3 is 1.81 bits per heavy atom. The fourth-order valence-corrected chi connectivity index (χ4v) is 9.88. The van der Waals surface area contributed by atoms with Gasteiger partial charge in [-0.2, -0.15) is 0 Å². The van der Waals surface area contributed by atoms with E-state index in [-0.39, 0.29) is 77.3 Å². The predicted octanol–water partition coefficient (Wildman–Crippen LogP) is -2.88. The second-order valence-electron chi connectivity index (χ2n) is 19.1. The zero-order valence-corrected chi connectivity index (χ0v) is 40.6. The van der Waals surface area contributed by atoms with Crippen molar-refractivity contribution < 1.29 is 97.7 Å². The molecule has 4 saturated heterocycles. The minimum Gasteiger partial charge on any atom is -0.435 e. The van der Waals surface area contributed by atoms with Crippen LogP contribution in [0.5, 0.6) is 5.75 Å². The van der Waals surface area contributed by atoms with Crippen LogP contribution in [0.1, 0.15) is 66.9 Å². The number of benzene rings is 4. The number of ether oxygens (including phenoxy) is 3. The number of piperidine rings is 2. The quantitative estimate of drug-likeness (QED) is 0.0501. The summed E-state index contributed by atoms with van der Waals surface area (Å²) in [5.41, 5.74) is -2.73. The Labute approximate surface area is 435 Å². The number of nitrogens with one attached hydrogen (secondary N) is 3. The minimum atomic E-state index is -3.84. The van der Waals surface area contributed by atoms with Crippen molar-refractivity contribution in [2.24, 2.45) is 0 Å². The fraction of sp³-hybridized carbons (Fsp3) is 0.400. The van der Waals surface area contributed by atoms with Gasteiger partial charge in [0.25, 0.3) is 41.2 Å². The van der Waals surface area contributed by atoms with Crippen molar-refractivity contribution in [3.05, 3.63) is 129 Å². The van der Waals surface area contributed by atoms with E-state index >= 15 is 8.78 Å². The number of carbonyl (C=O) groups excluding carboxylic acids is 6. The predicted molar refractivity (Wildman–Crippen MR) is 253 cm³/mol. The number of imide groups is 2. The van der Waals surface area contributed by atoms with Crippen molar-refractivity contribution in [3.63, 3.8) is 0 Å². The maximum absolute atomic E-state index is 15.4. The molecule has 0 aliphatic carbocycles. The van der Waals surface area contributed by atoms with Crippen molar-refractivity contribution in [1.82, 2.24) is 30.2 Å². The maximum atomic E-state index is 15.4. The number of aliphatic hydroxyl groups is 9. The fourth-order valence-electron chi connectivity index (χ4n) is 9.88. The monoisotopic (exact) mass is 1080 g/mol. The van der Waals surface area contributed by atoms with Crippen molar-refractivity contribution >= 4 is 41.1 Å². The molecule has 410 valence electrons. The lowest BCUT2D eigenvalue weighted by atomic mass is 9.90. The Balaban J connectivity index is 0.000000188. The summed E-state index contributed by atoms with van der Waals surface area (Å²) in [6, 6.07) is 14.2. The number of hydrogen-bond donors (Lipinski definition) is 12. The van der Waals surface area contributed by atoms with Gasteiger partial charge < -0.3 is 70.4 Å².